The molecule has 1 aromatic carbocycles. The predicted octanol–water partition coefficient (Wildman–Crippen LogP) is 1.30. The zero-order chi connectivity index (χ0) is 21.0. The number of hydroxylamine groups is 1. The first-order chi connectivity index (χ1) is 13.9. The maximum atomic E-state index is 13.7. The van der Waals surface area contributed by atoms with Gasteiger partial charge in [0.05, 0.1) is 42.2 Å². The largest absolute Gasteiger partial charge is 0.379 e. The van der Waals surface area contributed by atoms with Gasteiger partial charge >= 0.3 is 0 Å². The summed E-state index contributed by atoms with van der Waals surface area (Å²) in [6, 6.07) is 4.23. The summed E-state index contributed by atoms with van der Waals surface area (Å²) in [5, 5.41) is 11.6. The summed E-state index contributed by atoms with van der Waals surface area (Å²) < 4.78 is 10.8. The Morgan fingerprint density at radius 2 is 1.55 bits per heavy atom. The Hall–Kier alpha value is -1.59. The van der Waals surface area contributed by atoms with E-state index in [0.29, 0.717) is 57.7 Å². The normalized spacial score (nSPS) is 19.0. The molecule has 2 fully saturated rings. The predicted molar refractivity (Wildman–Crippen MR) is 108 cm³/mol. The average Bonchev–Trinajstić information content (AvgIpc) is 2.76. The van der Waals surface area contributed by atoms with E-state index >= 15 is 0 Å². The zero-order valence-corrected chi connectivity index (χ0v) is 17.2. The number of amides is 2. The summed E-state index contributed by atoms with van der Waals surface area (Å²) >= 11 is 12.0. The fraction of sp³-hybridized carbons (Fsp3) is 0.500. The molecule has 0 atom stereocenters. The second-order valence-electron chi connectivity index (χ2n) is 6.55. The van der Waals surface area contributed by atoms with Gasteiger partial charge in [-0.2, -0.15) is 5.06 Å². The van der Waals surface area contributed by atoms with Gasteiger partial charge < -0.3 is 9.47 Å². The van der Waals surface area contributed by atoms with Gasteiger partial charge in [0.1, 0.15) is 0 Å². The highest BCUT2D eigenvalue weighted by molar-refractivity contribution is 6.42. The van der Waals surface area contributed by atoms with Crippen molar-refractivity contribution < 1.29 is 24.3 Å². The molecule has 11 heteroatoms. The summed E-state index contributed by atoms with van der Waals surface area (Å²) in [5.41, 5.74) is -1.80. The van der Waals surface area contributed by atoms with Crippen molar-refractivity contribution in [1.82, 2.24) is 9.80 Å². The standard InChI is InChI=1S/C18H22Cl2N4O5/c1-21-16(25)18(22-4-8-28-9-5-22,23-6-10-29-11-7-23)17(26)24(27)13-2-3-14(19)15(20)12-13/h2-3,12,27H,1,4-11H2. The summed E-state index contributed by atoms with van der Waals surface area (Å²) in [7, 11) is 0. The number of aliphatic imine (C=N–C) groups is 1. The topological polar surface area (TPSA) is 94.9 Å². The molecule has 0 aromatic heterocycles. The number of benzene rings is 1. The molecule has 1 aromatic rings. The lowest BCUT2D eigenvalue weighted by Gasteiger charge is -2.49. The summed E-state index contributed by atoms with van der Waals surface area (Å²) in [4.78, 5) is 33.7. The van der Waals surface area contributed by atoms with Crippen molar-refractivity contribution in [1.29, 1.82) is 0 Å². The SMILES string of the molecule is C=NC(=O)C(C(=O)N(O)c1ccc(Cl)c(Cl)c1)(N1CCOCC1)N1CCOCC1. The summed E-state index contributed by atoms with van der Waals surface area (Å²) in [6.45, 7) is 5.91. The maximum absolute atomic E-state index is 13.7. The van der Waals surface area contributed by atoms with Gasteiger partial charge in [-0.3, -0.25) is 24.6 Å². The lowest BCUT2D eigenvalue weighted by atomic mass is 10.0. The highest BCUT2D eigenvalue weighted by atomic mass is 35.5. The molecule has 0 radical (unpaired) electrons. The number of rotatable bonds is 5. The van der Waals surface area contributed by atoms with Crippen molar-refractivity contribution in [2.24, 2.45) is 4.99 Å². The number of anilines is 1. The van der Waals surface area contributed by atoms with Crippen molar-refractivity contribution in [3.05, 3.63) is 28.2 Å². The van der Waals surface area contributed by atoms with Crippen LogP contribution in [0.15, 0.2) is 23.2 Å². The molecule has 3 rings (SSSR count). The number of carbonyl (C=O) groups is 2. The number of ether oxygens (including phenoxy) is 2. The number of halogens is 2. The first-order valence-corrected chi connectivity index (χ1v) is 9.83. The van der Waals surface area contributed by atoms with Gasteiger partial charge in [0, 0.05) is 26.2 Å². The van der Waals surface area contributed by atoms with Crippen LogP contribution in [0, 0.1) is 0 Å². The van der Waals surface area contributed by atoms with Crippen LogP contribution in [0.2, 0.25) is 10.0 Å². The Morgan fingerprint density at radius 3 is 2.00 bits per heavy atom. The molecule has 2 amide bonds. The van der Waals surface area contributed by atoms with Crippen molar-refractivity contribution in [3.63, 3.8) is 0 Å². The minimum atomic E-state index is -1.88. The average molecular weight is 445 g/mol. The highest BCUT2D eigenvalue weighted by Gasteiger charge is 2.58. The molecular formula is C18H22Cl2N4O5. The third-order valence-corrected chi connectivity index (χ3v) is 5.76. The lowest BCUT2D eigenvalue weighted by Crippen LogP contribution is -2.75. The van der Waals surface area contributed by atoms with Gasteiger partial charge in [0.2, 0.25) is 5.66 Å². The Morgan fingerprint density at radius 1 is 1.03 bits per heavy atom. The molecule has 2 aliphatic heterocycles. The Labute approximate surface area is 178 Å². The van der Waals surface area contributed by atoms with Crippen LogP contribution in [-0.4, -0.2) is 91.8 Å². The van der Waals surface area contributed by atoms with Crippen molar-refractivity contribution in [3.8, 4) is 0 Å². The van der Waals surface area contributed by atoms with Crippen molar-refractivity contribution >= 4 is 47.4 Å². The second kappa shape index (κ2) is 9.48. The molecule has 0 saturated carbocycles. The molecule has 158 valence electrons. The lowest BCUT2D eigenvalue weighted by molar-refractivity contribution is -0.174. The Bertz CT molecular complexity index is 764. The zero-order valence-electron chi connectivity index (χ0n) is 15.7. The smallest absolute Gasteiger partial charge is 0.296 e. The van der Waals surface area contributed by atoms with E-state index < -0.39 is 17.5 Å². The van der Waals surface area contributed by atoms with E-state index in [2.05, 4.69) is 11.7 Å². The van der Waals surface area contributed by atoms with E-state index in [4.69, 9.17) is 32.7 Å². The number of hydrogen-bond acceptors (Lipinski definition) is 7. The molecule has 0 aliphatic carbocycles. The van der Waals surface area contributed by atoms with Crippen LogP contribution in [0.5, 0.6) is 0 Å². The van der Waals surface area contributed by atoms with Crippen molar-refractivity contribution in [2.75, 3.05) is 57.7 Å². The van der Waals surface area contributed by atoms with E-state index in [9.17, 15) is 14.8 Å². The Balaban J connectivity index is 2.08. The van der Waals surface area contributed by atoms with Gasteiger partial charge in [-0.25, -0.2) is 4.99 Å². The second-order valence-corrected chi connectivity index (χ2v) is 7.36. The number of nitrogens with zero attached hydrogens (tertiary/aromatic N) is 4. The van der Waals surface area contributed by atoms with Crippen LogP contribution in [-0.2, 0) is 19.1 Å². The van der Waals surface area contributed by atoms with Gasteiger partial charge in [-0.15, -0.1) is 0 Å². The third-order valence-electron chi connectivity index (χ3n) is 5.02. The molecule has 0 bridgehead atoms. The summed E-state index contributed by atoms with van der Waals surface area (Å²) in [5.74, 6) is -1.65. The molecule has 9 nitrogen and oxygen atoms in total. The minimum Gasteiger partial charge on any atom is -0.379 e. The van der Waals surface area contributed by atoms with E-state index in [-0.39, 0.29) is 15.7 Å². The fourth-order valence-electron chi connectivity index (χ4n) is 3.60. The van der Waals surface area contributed by atoms with E-state index in [1.165, 1.54) is 18.2 Å². The first kappa shape index (κ1) is 22.1. The first-order valence-electron chi connectivity index (χ1n) is 9.08. The summed E-state index contributed by atoms with van der Waals surface area (Å²) in [6.07, 6.45) is 0. The van der Waals surface area contributed by atoms with Gasteiger partial charge in [0.25, 0.3) is 11.8 Å². The van der Waals surface area contributed by atoms with Crippen LogP contribution >= 0.6 is 23.2 Å². The van der Waals surface area contributed by atoms with Gasteiger partial charge in [-0.1, -0.05) is 23.2 Å². The van der Waals surface area contributed by atoms with Gasteiger partial charge in [0.15, 0.2) is 0 Å². The van der Waals surface area contributed by atoms with Crippen LogP contribution in [0.4, 0.5) is 5.69 Å². The number of morpholine rings is 2. The van der Waals surface area contributed by atoms with Crippen LogP contribution in [0.1, 0.15) is 0 Å². The molecular weight excluding hydrogens is 423 g/mol. The molecule has 1 N–H and O–H groups in total. The van der Waals surface area contributed by atoms with E-state index in [1.807, 2.05) is 0 Å². The molecule has 2 heterocycles. The molecule has 29 heavy (non-hydrogen) atoms. The van der Waals surface area contributed by atoms with Crippen LogP contribution in [0.25, 0.3) is 0 Å². The molecule has 2 aliphatic rings. The third kappa shape index (κ3) is 4.17. The Kier molecular flexibility index (Phi) is 7.23. The van der Waals surface area contributed by atoms with E-state index in [1.54, 1.807) is 9.80 Å². The number of carbonyl (C=O) groups excluding carboxylic acids is 2. The monoisotopic (exact) mass is 444 g/mol. The highest BCUT2D eigenvalue weighted by Crippen LogP contribution is 2.32. The minimum absolute atomic E-state index is 0.0761. The molecule has 0 spiro atoms. The maximum Gasteiger partial charge on any atom is 0.296 e. The van der Waals surface area contributed by atoms with E-state index in [0.717, 1.165) is 0 Å². The quantitative estimate of drug-likeness (QED) is 0.316. The van der Waals surface area contributed by atoms with Crippen molar-refractivity contribution in [2.45, 2.75) is 5.66 Å². The number of hydrogen-bond donors (Lipinski definition) is 1. The fourth-order valence-corrected chi connectivity index (χ4v) is 3.89. The molecule has 2 saturated heterocycles. The van der Waals surface area contributed by atoms with Crippen LogP contribution in [0.3, 0.4) is 0 Å². The van der Waals surface area contributed by atoms with Gasteiger partial charge in [-0.05, 0) is 24.9 Å². The molecule has 0 unspecified atom stereocenters. The van der Waals surface area contributed by atoms with Crippen LogP contribution < -0.4 is 5.06 Å².